The van der Waals surface area contributed by atoms with Crippen LogP contribution in [0, 0.1) is 0 Å². The molecule has 0 heterocycles. The number of carboxylic acids is 1. The van der Waals surface area contributed by atoms with Gasteiger partial charge in [0.1, 0.15) is 12.6 Å². The number of likely N-dealkylation sites (N-methyl/N-ethyl adjacent to an activating group) is 1. The van der Waals surface area contributed by atoms with Gasteiger partial charge in [-0.1, -0.05) is 152 Å². The highest BCUT2D eigenvalue weighted by Crippen LogP contribution is 2.15. The summed E-state index contributed by atoms with van der Waals surface area (Å²) in [5, 5.41) is 11.6. The fraction of sp³-hybridized carbons (Fsp3) is 0.735. The summed E-state index contributed by atoms with van der Waals surface area (Å²) in [6, 6.07) is -0.732. The largest absolute Gasteiger partial charge is 0.544 e. The zero-order chi connectivity index (χ0) is 42.1. The van der Waals surface area contributed by atoms with E-state index in [9.17, 15) is 19.5 Å². The van der Waals surface area contributed by atoms with Gasteiger partial charge in [0.2, 0.25) is 0 Å². The molecule has 0 bridgehead atoms. The van der Waals surface area contributed by atoms with Crippen LogP contribution in [0.3, 0.4) is 0 Å². The Morgan fingerprint density at radius 1 is 0.526 bits per heavy atom. The van der Waals surface area contributed by atoms with Crippen LogP contribution in [0.5, 0.6) is 0 Å². The van der Waals surface area contributed by atoms with Crippen LogP contribution in [0.15, 0.2) is 60.8 Å². The van der Waals surface area contributed by atoms with Crippen LogP contribution in [0.1, 0.15) is 181 Å². The number of aliphatic carboxylic acids is 1. The highest BCUT2D eigenvalue weighted by Gasteiger charge is 2.25. The molecule has 57 heavy (non-hydrogen) atoms. The maximum atomic E-state index is 12.7. The molecule has 2 unspecified atom stereocenters. The Bertz CT molecular complexity index is 1120. The Kier molecular flexibility index (Phi) is 37.8. The first-order valence-corrected chi connectivity index (χ1v) is 22.8. The van der Waals surface area contributed by atoms with Gasteiger partial charge < -0.3 is 28.6 Å². The van der Waals surface area contributed by atoms with Crippen molar-refractivity contribution in [2.75, 3.05) is 41.0 Å². The third-order valence-corrected chi connectivity index (χ3v) is 9.90. The number of ether oxygens (including phenoxy) is 3. The molecule has 0 aromatic rings. The summed E-state index contributed by atoms with van der Waals surface area (Å²) in [6.07, 6.45) is 48.3. The average Bonchev–Trinajstić information content (AvgIpc) is 3.17. The molecule has 0 N–H and O–H groups in total. The van der Waals surface area contributed by atoms with Crippen LogP contribution < -0.4 is 5.11 Å². The number of allylic oxidation sites excluding steroid dienone is 10. The van der Waals surface area contributed by atoms with E-state index in [1.165, 1.54) is 77.0 Å². The van der Waals surface area contributed by atoms with Gasteiger partial charge in [0, 0.05) is 19.3 Å². The van der Waals surface area contributed by atoms with Crippen molar-refractivity contribution < 1.29 is 38.2 Å². The lowest BCUT2D eigenvalue weighted by molar-refractivity contribution is -0.889. The second-order valence-electron chi connectivity index (χ2n) is 16.2. The third kappa shape index (κ3) is 38.3. The quantitative estimate of drug-likeness (QED) is 0.0263. The van der Waals surface area contributed by atoms with Gasteiger partial charge >= 0.3 is 11.9 Å². The molecule has 8 nitrogen and oxygen atoms in total. The van der Waals surface area contributed by atoms with Crippen molar-refractivity contribution in [1.29, 1.82) is 0 Å². The number of carbonyl (C=O) groups excluding carboxylic acids is 3. The van der Waals surface area contributed by atoms with E-state index in [2.05, 4.69) is 74.6 Å². The van der Waals surface area contributed by atoms with Crippen molar-refractivity contribution in [2.45, 2.75) is 193 Å². The monoisotopic (exact) mass is 800 g/mol. The number of carboxylic acid groups (broad SMARTS) is 1. The molecule has 0 fully saturated rings. The maximum Gasteiger partial charge on any atom is 0.306 e. The van der Waals surface area contributed by atoms with E-state index in [0.717, 1.165) is 64.2 Å². The lowest BCUT2D eigenvalue weighted by Crippen LogP contribution is -2.55. The average molecular weight is 800 g/mol. The minimum atomic E-state index is -1.13. The predicted octanol–water partition coefficient (Wildman–Crippen LogP) is 11.2. The van der Waals surface area contributed by atoms with Crippen LogP contribution in [-0.2, 0) is 28.6 Å². The van der Waals surface area contributed by atoms with E-state index in [4.69, 9.17) is 14.2 Å². The van der Waals surface area contributed by atoms with Crippen molar-refractivity contribution in [3.8, 4) is 0 Å². The molecule has 8 heteroatoms. The number of hydrogen-bond acceptors (Lipinski definition) is 7. The van der Waals surface area contributed by atoms with Crippen LogP contribution in [-0.4, -0.2) is 75.5 Å². The SMILES string of the molecule is CC/C=C/C/C=C/C/C=C/CCCCC(=O)OCC(COCCC(C(=O)[O-])[N+](C)(C)C)OC(=O)CCCCCCCCCCCCCCCC/C=C/C/C=C/CC. The molecule has 0 saturated carbocycles. The molecule has 0 aliphatic heterocycles. The second kappa shape index (κ2) is 39.8. The molecular weight excluding hydrogens is 715 g/mol. The summed E-state index contributed by atoms with van der Waals surface area (Å²) in [4.78, 5) is 36.8. The minimum absolute atomic E-state index is 0.0273. The summed E-state index contributed by atoms with van der Waals surface area (Å²) in [5.41, 5.74) is 0. The zero-order valence-electron chi connectivity index (χ0n) is 37.2. The van der Waals surface area contributed by atoms with Gasteiger partial charge in [-0.25, -0.2) is 0 Å². The summed E-state index contributed by atoms with van der Waals surface area (Å²) < 4.78 is 17.1. The van der Waals surface area contributed by atoms with Crippen molar-refractivity contribution in [3.05, 3.63) is 60.8 Å². The van der Waals surface area contributed by atoms with E-state index in [-0.39, 0.29) is 42.7 Å². The number of quaternary nitrogens is 1. The van der Waals surface area contributed by atoms with Crippen molar-refractivity contribution >= 4 is 17.9 Å². The molecule has 0 aromatic carbocycles. The summed E-state index contributed by atoms with van der Waals surface area (Å²) >= 11 is 0. The van der Waals surface area contributed by atoms with Crippen LogP contribution in [0.2, 0.25) is 0 Å². The summed E-state index contributed by atoms with van der Waals surface area (Å²) in [6.45, 7) is 4.40. The van der Waals surface area contributed by atoms with Gasteiger partial charge in [-0.15, -0.1) is 0 Å². The van der Waals surface area contributed by atoms with Gasteiger partial charge in [-0.2, -0.15) is 0 Å². The van der Waals surface area contributed by atoms with Crippen molar-refractivity contribution in [2.24, 2.45) is 0 Å². The molecule has 0 amide bonds. The van der Waals surface area contributed by atoms with Gasteiger partial charge in [-0.3, -0.25) is 9.59 Å². The fourth-order valence-corrected chi connectivity index (χ4v) is 6.42. The Labute approximate surface area is 349 Å². The molecule has 328 valence electrons. The Morgan fingerprint density at radius 2 is 0.930 bits per heavy atom. The molecule has 0 spiro atoms. The first-order chi connectivity index (χ1) is 27.6. The topological polar surface area (TPSA) is 102 Å². The Morgan fingerprint density at radius 3 is 1.40 bits per heavy atom. The lowest BCUT2D eigenvalue weighted by atomic mass is 10.0. The van der Waals surface area contributed by atoms with E-state index < -0.39 is 18.1 Å². The number of rotatable bonds is 40. The number of hydrogen-bond donors (Lipinski definition) is 0. The molecule has 0 saturated heterocycles. The van der Waals surface area contributed by atoms with E-state index in [0.29, 0.717) is 19.3 Å². The highest BCUT2D eigenvalue weighted by molar-refractivity contribution is 5.70. The van der Waals surface area contributed by atoms with Crippen LogP contribution in [0.25, 0.3) is 0 Å². The molecule has 2 atom stereocenters. The summed E-state index contributed by atoms with van der Waals surface area (Å²) in [7, 11) is 5.39. The van der Waals surface area contributed by atoms with E-state index >= 15 is 0 Å². The number of esters is 2. The number of carbonyl (C=O) groups is 3. The van der Waals surface area contributed by atoms with Crippen LogP contribution >= 0.6 is 0 Å². The first kappa shape index (κ1) is 54.0. The molecule has 0 aliphatic carbocycles. The van der Waals surface area contributed by atoms with Crippen molar-refractivity contribution in [3.63, 3.8) is 0 Å². The highest BCUT2D eigenvalue weighted by atomic mass is 16.6. The van der Waals surface area contributed by atoms with E-state index in [1.807, 2.05) is 0 Å². The second-order valence-corrected chi connectivity index (χ2v) is 16.2. The van der Waals surface area contributed by atoms with Gasteiger partial charge in [0.25, 0.3) is 0 Å². The van der Waals surface area contributed by atoms with Gasteiger partial charge in [-0.05, 0) is 70.6 Å². The predicted molar refractivity (Wildman–Crippen MR) is 236 cm³/mol. The molecule has 0 rings (SSSR count). The standard InChI is InChI=1S/C49H85NO7/c1-6-8-10-12-14-16-18-20-21-22-23-24-25-26-27-28-30-32-34-36-38-40-48(52)57-45(43-55-42-41-46(49(53)54)50(3,4)5)44-56-47(51)39-37-35-33-31-29-19-17-15-13-11-9-7-2/h8-11,14-17,29,31,45-46H,6-7,12-13,18-28,30,32-44H2,1-5H3/b10-8+,11-9+,16-14+,17-15+,31-29+. The van der Waals surface area contributed by atoms with E-state index in [1.54, 1.807) is 21.1 Å². The van der Waals surface area contributed by atoms with Gasteiger partial charge in [0.05, 0.1) is 40.3 Å². The smallest absolute Gasteiger partial charge is 0.306 e. The third-order valence-electron chi connectivity index (χ3n) is 9.90. The van der Waals surface area contributed by atoms with Gasteiger partial charge in [0.15, 0.2) is 6.10 Å². The molecule has 0 aromatic heterocycles. The Hall–Kier alpha value is -2.97. The van der Waals surface area contributed by atoms with Crippen molar-refractivity contribution in [1.82, 2.24) is 0 Å². The summed E-state index contributed by atoms with van der Waals surface area (Å²) in [5.74, 6) is -1.79. The number of unbranched alkanes of at least 4 members (excludes halogenated alkanes) is 16. The normalized spacial score (nSPS) is 13.5. The molecular formula is C49H85NO7. The van der Waals surface area contributed by atoms with Crippen LogP contribution in [0.4, 0.5) is 0 Å². The molecule has 0 aliphatic rings. The first-order valence-electron chi connectivity index (χ1n) is 22.8. The zero-order valence-corrected chi connectivity index (χ0v) is 37.2. The number of nitrogens with zero attached hydrogens (tertiary/aromatic N) is 1. The fourth-order valence-electron chi connectivity index (χ4n) is 6.42. The maximum absolute atomic E-state index is 12.7. The Balaban J connectivity index is 4.28. The lowest BCUT2D eigenvalue weighted by Gasteiger charge is -2.34. The minimum Gasteiger partial charge on any atom is -0.544 e. The molecule has 0 radical (unpaired) electrons.